The molecule has 5 nitrogen and oxygen atoms in total. The lowest BCUT2D eigenvalue weighted by Crippen LogP contribution is -2.38. The van der Waals surface area contributed by atoms with E-state index in [1.54, 1.807) is 25.6 Å². The van der Waals surface area contributed by atoms with Crippen LogP contribution in [0.2, 0.25) is 0 Å². The summed E-state index contributed by atoms with van der Waals surface area (Å²) in [6, 6.07) is 1.84. The zero-order chi connectivity index (χ0) is 11.1. The third-order valence-corrected chi connectivity index (χ3v) is 1.96. The van der Waals surface area contributed by atoms with E-state index < -0.39 is 0 Å². The average Bonchev–Trinajstić information content (AvgIpc) is 2.19. The molecule has 0 saturated carbocycles. The molecule has 1 rings (SSSR count). The molecule has 0 aliphatic carbocycles. The van der Waals surface area contributed by atoms with Crippen LogP contribution in [0.25, 0.3) is 0 Å². The second kappa shape index (κ2) is 6.44. The number of methoxy groups -OCH3 is 1. The van der Waals surface area contributed by atoms with Crippen LogP contribution >= 0.6 is 0 Å². The van der Waals surface area contributed by atoms with E-state index in [0.29, 0.717) is 13.2 Å². The van der Waals surface area contributed by atoms with Crippen molar-refractivity contribution in [1.82, 2.24) is 14.9 Å². The van der Waals surface area contributed by atoms with Crippen LogP contribution in [-0.2, 0) is 11.3 Å². The molecule has 0 spiro atoms. The molecule has 1 unspecified atom stereocenters. The molecule has 0 bridgehead atoms. The first-order valence-electron chi connectivity index (χ1n) is 4.91. The molecule has 15 heavy (non-hydrogen) atoms. The lowest BCUT2D eigenvalue weighted by atomic mass is 10.3. The van der Waals surface area contributed by atoms with E-state index in [-0.39, 0.29) is 6.04 Å². The summed E-state index contributed by atoms with van der Waals surface area (Å²) in [5.74, 6) is 0.810. The lowest BCUT2D eigenvalue weighted by Gasteiger charge is -2.19. The summed E-state index contributed by atoms with van der Waals surface area (Å²) in [6.45, 7) is 2.05. The van der Waals surface area contributed by atoms with E-state index in [1.165, 1.54) is 0 Å². The maximum Gasteiger partial charge on any atom is 0.142 e. The fraction of sp³-hybridized carbons (Fsp3) is 0.600. The van der Waals surface area contributed by atoms with Gasteiger partial charge in [0.25, 0.3) is 0 Å². The Hall–Kier alpha value is -1.04. The molecular formula is C10H18N4O. The predicted octanol–water partition coefficient (Wildman–Crippen LogP) is -0.118. The maximum atomic E-state index is 5.83. The number of ether oxygens (including phenoxy) is 1. The molecule has 1 aromatic rings. The van der Waals surface area contributed by atoms with Crippen LogP contribution in [0.3, 0.4) is 0 Å². The highest BCUT2D eigenvalue weighted by Gasteiger charge is 2.07. The Labute approximate surface area is 90.3 Å². The number of rotatable bonds is 6. The van der Waals surface area contributed by atoms with Crippen LogP contribution in [-0.4, -0.2) is 48.2 Å². The van der Waals surface area contributed by atoms with Crippen molar-refractivity contribution < 1.29 is 4.74 Å². The molecule has 84 valence electrons. The van der Waals surface area contributed by atoms with E-state index in [9.17, 15) is 0 Å². The Balaban J connectivity index is 2.33. The Kier molecular flexibility index (Phi) is 5.17. The Morgan fingerprint density at radius 2 is 2.13 bits per heavy atom. The normalized spacial score (nSPS) is 13.1. The summed E-state index contributed by atoms with van der Waals surface area (Å²) in [7, 11) is 3.64. The van der Waals surface area contributed by atoms with Gasteiger partial charge >= 0.3 is 0 Å². The minimum atomic E-state index is 0.0312. The van der Waals surface area contributed by atoms with Gasteiger partial charge in [-0.15, -0.1) is 0 Å². The van der Waals surface area contributed by atoms with Crippen LogP contribution in [0.5, 0.6) is 0 Å². The third-order valence-electron chi connectivity index (χ3n) is 1.96. The van der Waals surface area contributed by atoms with Gasteiger partial charge in [-0.2, -0.15) is 0 Å². The fourth-order valence-corrected chi connectivity index (χ4v) is 1.38. The van der Waals surface area contributed by atoms with Crippen molar-refractivity contribution in [3.05, 3.63) is 24.3 Å². The van der Waals surface area contributed by atoms with Crippen molar-refractivity contribution in [1.29, 1.82) is 0 Å². The van der Waals surface area contributed by atoms with Crippen molar-refractivity contribution in [3.8, 4) is 0 Å². The standard InChI is InChI=1S/C10H18N4O/c1-14(6-9(11)8-15-2)7-10-12-4-3-5-13-10/h3-5,9H,6-8,11H2,1-2H3. The largest absolute Gasteiger partial charge is 0.383 e. The first-order chi connectivity index (χ1) is 7.22. The molecule has 0 saturated heterocycles. The van der Waals surface area contributed by atoms with Crippen molar-refractivity contribution in [3.63, 3.8) is 0 Å². The number of nitrogens with two attached hydrogens (primary N) is 1. The van der Waals surface area contributed by atoms with Gasteiger partial charge in [0.05, 0.1) is 13.2 Å². The minimum Gasteiger partial charge on any atom is -0.383 e. The van der Waals surface area contributed by atoms with Gasteiger partial charge in [-0.1, -0.05) is 0 Å². The summed E-state index contributed by atoms with van der Waals surface area (Å²) in [5, 5.41) is 0. The Bertz CT molecular complexity index is 267. The van der Waals surface area contributed by atoms with E-state index >= 15 is 0 Å². The number of hydrogen-bond donors (Lipinski definition) is 1. The summed E-state index contributed by atoms with van der Waals surface area (Å²) < 4.78 is 4.97. The van der Waals surface area contributed by atoms with Crippen molar-refractivity contribution in [2.75, 3.05) is 27.3 Å². The molecule has 5 heteroatoms. The maximum absolute atomic E-state index is 5.83. The number of aromatic nitrogens is 2. The molecule has 1 heterocycles. The van der Waals surface area contributed by atoms with Crippen molar-refractivity contribution >= 4 is 0 Å². The van der Waals surface area contributed by atoms with Gasteiger partial charge in [-0.25, -0.2) is 9.97 Å². The van der Waals surface area contributed by atoms with Gasteiger partial charge < -0.3 is 10.5 Å². The van der Waals surface area contributed by atoms with Crippen LogP contribution < -0.4 is 5.73 Å². The van der Waals surface area contributed by atoms with Crippen molar-refractivity contribution in [2.45, 2.75) is 12.6 Å². The topological polar surface area (TPSA) is 64.3 Å². The van der Waals surface area contributed by atoms with Crippen LogP contribution in [0.1, 0.15) is 5.82 Å². The van der Waals surface area contributed by atoms with E-state index in [4.69, 9.17) is 10.5 Å². The van der Waals surface area contributed by atoms with Crippen molar-refractivity contribution in [2.24, 2.45) is 5.73 Å². The number of hydrogen-bond acceptors (Lipinski definition) is 5. The lowest BCUT2D eigenvalue weighted by molar-refractivity contribution is 0.159. The van der Waals surface area contributed by atoms with Gasteiger partial charge in [0.15, 0.2) is 0 Å². The SMILES string of the molecule is COCC(N)CN(C)Cc1ncccn1. The highest BCUT2D eigenvalue weighted by molar-refractivity contribution is 4.88. The molecular weight excluding hydrogens is 192 g/mol. The van der Waals surface area contributed by atoms with E-state index in [1.807, 2.05) is 7.05 Å². The van der Waals surface area contributed by atoms with E-state index in [0.717, 1.165) is 12.4 Å². The molecule has 0 aliphatic heterocycles. The molecule has 0 amide bonds. The Morgan fingerprint density at radius 1 is 1.47 bits per heavy atom. The van der Waals surface area contributed by atoms with Crippen LogP contribution in [0.15, 0.2) is 18.5 Å². The Morgan fingerprint density at radius 3 is 2.73 bits per heavy atom. The zero-order valence-electron chi connectivity index (χ0n) is 9.26. The monoisotopic (exact) mass is 210 g/mol. The first kappa shape index (κ1) is 12.0. The molecule has 0 radical (unpaired) electrons. The predicted molar refractivity (Wildman–Crippen MR) is 58.2 cm³/mol. The third kappa shape index (κ3) is 4.83. The summed E-state index contributed by atoms with van der Waals surface area (Å²) in [5.41, 5.74) is 5.83. The van der Waals surface area contributed by atoms with Gasteiger partial charge in [0.1, 0.15) is 5.82 Å². The number of likely N-dealkylation sites (N-methyl/N-ethyl adjacent to an activating group) is 1. The van der Waals surface area contributed by atoms with Gasteiger partial charge in [0, 0.05) is 32.1 Å². The highest BCUT2D eigenvalue weighted by atomic mass is 16.5. The highest BCUT2D eigenvalue weighted by Crippen LogP contribution is 1.95. The fourth-order valence-electron chi connectivity index (χ4n) is 1.38. The molecule has 2 N–H and O–H groups in total. The average molecular weight is 210 g/mol. The molecule has 1 aromatic heterocycles. The summed E-state index contributed by atoms with van der Waals surface area (Å²) >= 11 is 0. The van der Waals surface area contributed by atoms with E-state index in [2.05, 4.69) is 14.9 Å². The smallest absolute Gasteiger partial charge is 0.142 e. The second-order valence-electron chi connectivity index (χ2n) is 3.58. The minimum absolute atomic E-state index is 0.0312. The molecule has 0 fully saturated rings. The quantitative estimate of drug-likeness (QED) is 0.709. The first-order valence-corrected chi connectivity index (χ1v) is 4.91. The van der Waals surface area contributed by atoms with Gasteiger partial charge in [-0.05, 0) is 13.1 Å². The molecule has 0 aromatic carbocycles. The molecule has 1 atom stereocenters. The van der Waals surface area contributed by atoms with Crippen LogP contribution in [0.4, 0.5) is 0 Å². The van der Waals surface area contributed by atoms with Gasteiger partial charge in [-0.3, -0.25) is 4.90 Å². The summed E-state index contributed by atoms with van der Waals surface area (Å²) in [6.07, 6.45) is 3.48. The van der Waals surface area contributed by atoms with Gasteiger partial charge in [0.2, 0.25) is 0 Å². The van der Waals surface area contributed by atoms with Crippen LogP contribution in [0, 0.1) is 0 Å². The summed E-state index contributed by atoms with van der Waals surface area (Å²) in [4.78, 5) is 10.4. The number of nitrogens with zero attached hydrogens (tertiary/aromatic N) is 3. The zero-order valence-corrected chi connectivity index (χ0v) is 9.26. The second-order valence-corrected chi connectivity index (χ2v) is 3.58. The molecule has 0 aliphatic rings.